The van der Waals surface area contributed by atoms with E-state index in [4.69, 9.17) is 16.3 Å². The number of nitrogens with zero attached hydrogens (tertiary/aromatic N) is 1. The molecule has 0 radical (unpaired) electrons. The summed E-state index contributed by atoms with van der Waals surface area (Å²) >= 11 is 6.03. The number of benzene rings is 2. The second-order valence-corrected chi connectivity index (χ2v) is 7.18. The molecule has 4 nitrogen and oxygen atoms in total. The summed E-state index contributed by atoms with van der Waals surface area (Å²) in [5.74, 6) is 0.668. The van der Waals surface area contributed by atoms with E-state index in [-0.39, 0.29) is 12.1 Å². The van der Waals surface area contributed by atoms with Crippen LogP contribution in [0.1, 0.15) is 42.9 Å². The predicted molar refractivity (Wildman–Crippen MR) is 106 cm³/mol. The summed E-state index contributed by atoms with van der Waals surface area (Å²) in [6.07, 6.45) is 4.23. The molecule has 1 heterocycles. The van der Waals surface area contributed by atoms with Gasteiger partial charge >= 0.3 is 6.03 Å². The van der Waals surface area contributed by atoms with Crippen LogP contribution in [-0.2, 0) is 0 Å². The standard InChI is InChI=1S/C21H25ClN2O2/c1-15-7-12-20(26-2)18(14-15)23-21(25)24-13-5-3-4-6-19(24)16-8-10-17(22)11-9-16/h7-12,14,19H,3-6,13H2,1-2H3,(H,23,25)/t19-/m0/s1. The fraction of sp³-hybridized carbons (Fsp3) is 0.381. The second-order valence-electron chi connectivity index (χ2n) is 6.74. The highest BCUT2D eigenvalue weighted by molar-refractivity contribution is 6.30. The second kappa shape index (κ2) is 8.45. The molecule has 1 atom stereocenters. The Morgan fingerprint density at radius 2 is 1.92 bits per heavy atom. The van der Waals surface area contributed by atoms with Crippen molar-refractivity contribution in [2.45, 2.75) is 38.6 Å². The van der Waals surface area contributed by atoms with Crippen LogP contribution in [0.5, 0.6) is 5.75 Å². The zero-order valence-electron chi connectivity index (χ0n) is 15.3. The van der Waals surface area contributed by atoms with E-state index >= 15 is 0 Å². The summed E-state index contributed by atoms with van der Waals surface area (Å²) in [7, 11) is 1.61. The number of carbonyl (C=O) groups excluding carboxylic acids is 1. The number of urea groups is 1. The van der Waals surface area contributed by atoms with Gasteiger partial charge in [-0.25, -0.2) is 4.79 Å². The number of hydrogen-bond donors (Lipinski definition) is 1. The van der Waals surface area contributed by atoms with Crippen molar-refractivity contribution in [1.82, 2.24) is 4.90 Å². The molecule has 1 fully saturated rings. The Morgan fingerprint density at radius 1 is 1.15 bits per heavy atom. The third-order valence-electron chi connectivity index (χ3n) is 4.87. The maximum Gasteiger partial charge on any atom is 0.322 e. The van der Waals surface area contributed by atoms with Crippen LogP contribution in [0, 0.1) is 6.92 Å². The van der Waals surface area contributed by atoms with Crippen molar-refractivity contribution < 1.29 is 9.53 Å². The number of anilines is 1. The number of amides is 2. The van der Waals surface area contributed by atoms with E-state index < -0.39 is 0 Å². The Balaban J connectivity index is 1.85. The highest BCUT2D eigenvalue weighted by Gasteiger charge is 2.27. The van der Waals surface area contributed by atoms with Gasteiger partial charge < -0.3 is 15.0 Å². The first-order valence-electron chi connectivity index (χ1n) is 9.06. The molecule has 1 aliphatic heterocycles. The first kappa shape index (κ1) is 18.6. The average molecular weight is 373 g/mol. The van der Waals surface area contributed by atoms with Gasteiger partial charge in [-0.1, -0.05) is 42.6 Å². The number of rotatable bonds is 3. The van der Waals surface area contributed by atoms with Gasteiger partial charge in [-0.2, -0.15) is 0 Å². The normalized spacial score (nSPS) is 17.5. The van der Waals surface area contributed by atoms with Crippen LogP contribution in [0.4, 0.5) is 10.5 Å². The summed E-state index contributed by atoms with van der Waals surface area (Å²) in [6, 6.07) is 13.6. The lowest BCUT2D eigenvalue weighted by Gasteiger charge is -2.31. The molecular formula is C21H25ClN2O2. The molecule has 0 saturated carbocycles. The maximum atomic E-state index is 13.1. The molecule has 2 aromatic carbocycles. The summed E-state index contributed by atoms with van der Waals surface area (Å²) in [5.41, 5.74) is 2.91. The smallest absolute Gasteiger partial charge is 0.322 e. The number of nitrogens with one attached hydrogen (secondary N) is 1. The molecule has 1 N–H and O–H groups in total. The van der Waals surface area contributed by atoms with E-state index in [9.17, 15) is 4.79 Å². The molecular weight excluding hydrogens is 348 g/mol. The van der Waals surface area contributed by atoms with Crippen LogP contribution >= 0.6 is 11.6 Å². The van der Waals surface area contributed by atoms with Gasteiger partial charge in [-0.15, -0.1) is 0 Å². The Labute approximate surface area is 160 Å². The number of carbonyl (C=O) groups is 1. The molecule has 5 heteroatoms. The lowest BCUT2D eigenvalue weighted by molar-refractivity contribution is 0.189. The zero-order valence-corrected chi connectivity index (χ0v) is 16.1. The van der Waals surface area contributed by atoms with Crippen molar-refractivity contribution in [3.8, 4) is 5.75 Å². The van der Waals surface area contributed by atoms with Gasteiger partial charge in [0.2, 0.25) is 0 Å². The van der Waals surface area contributed by atoms with Gasteiger partial charge in [0, 0.05) is 11.6 Å². The monoisotopic (exact) mass is 372 g/mol. The molecule has 26 heavy (non-hydrogen) atoms. The van der Waals surface area contributed by atoms with E-state index in [1.165, 1.54) is 0 Å². The van der Waals surface area contributed by atoms with Crippen LogP contribution in [0.2, 0.25) is 5.02 Å². The van der Waals surface area contributed by atoms with Crippen molar-refractivity contribution in [3.05, 3.63) is 58.6 Å². The first-order chi connectivity index (χ1) is 12.6. The van der Waals surface area contributed by atoms with Crippen LogP contribution in [0.15, 0.2) is 42.5 Å². The minimum atomic E-state index is -0.0873. The summed E-state index contributed by atoms with van der Waals surface area (Å²) < 4.78 is 5.39. The lowest BCUT2D eigenvalue weighted by atomic mass is 10.0. The fourth-order valence-electron chi connectivity index (χ4n) is 3.49. The molecule has 0 unspecified atom stereocenters. The molecule has 2 amide bonds. The summed E-state index contributed by atoms with van der Waals surface area (Å²) in [4.78, 5) is 15.0. The highest BCUT2D eigenvalue weighted by atomic mass is 35.5. The Bertz CT molecular complexity index is 761. The Hall–Kier alpha value is -2.20. The minimum absolute atomic E-state index is 0.0607. The average Bonchev–Trinajstić information content (AvgIpc) is 2.89. The number of likely N-dealkylation sites (tertiary alicyclic amines) is 1. The molecule has 3 rings (SSSR count). The fourth-order valence-corrected chi connectivity index (χ4v) is 3.62. The number of hydrogen-bond acceptors (Lipinski definition) is 2. The van der Waals surface area contributed by atoms with Gasteiger partial charge in [-0.3, -0.25) is 0 Å². The van der Waals surface area contributed by atoms with E-state index in [0.29, 0.717) is 16.5 Å². The number of ether oxygens (including phenoxy) is 1. The molecule has 1 aliphatic rings. The largest absolute Gasteiger partial charge is 0.495 e. The van der Waals surface area contributed by atoms with E-state index in [1.54, 1.807) is 7.11 Å². The molecule has 0 spiro atoms. The van der Waals surface area contributed by atoms with E-state index in [2.05, 4.69) is 5.32 Å². The quantitative estimate of drug-likeness (QED) is 0.739. The van der Waals surface area contributed by atoms with Crippen LogP contribution in [0.25, 0.3) is 0 Å². The number of halogens is 1. The van der Waals surface area contributed by atoms with Crippen molar-refractivity contribution in [3.63, 3.8) is 0 Å². The van der Waals surface area contributed by atoms with E-state index in [1.807, 2.05) is 54.3 Å². The van der Waals surface area contributed by atoms with Gasteiger partial charge in [0.05, 0.1) is 18.8 Å². The van der Waals surface area contributed by atoms with Gasteiger partial charge in [0.15, 0.2) is 0 Å². The third-order valence-corrected chi connectivity index (χ3v) is 5.12. The molecule has 138 valence electrons. The van der Waals surface area contributed by atoms with Crippen LogP contribution in [0.3, 0.4) is 0 Å². The predicted octanol–water partition coefficient (Wildman–Crippen LogP) is 5.81. The molecule has 2 aromatic rings. The third kappa shape index (κ3) is 4.31. The highest BCUT2D eigenvalue weighted by Crippen LogP contribution is 2.32. The van der Waals surface area contributed by atoms with Crippen LogP contribution < -0.4 is 10.1 Å². The van der Waals surface area contributed by atoms with Crippen molar-refractivity contribution in [2.75, 3.05) is 19.0 Å². The molecule has 0 aliphatic carbocycles. The molecule has 0 aromatic heterocycles. The van der Waals surface area contributed by atoms with Crippen molar-refractivity contribution >= 4 is 23.3 Å². The lowest BCUT2D eigenvalue weighted by Crippen LogP contribution is -2.38. The summed E-state index contributed by atoms with van der Waals surface area (Å²) in [5, 5.41) is 3.76. The van der Waals surface area contributed by atoms with E-state index in [0.717, 1.165) is 43.4 Å². The molecule has 0 bridgehead atoms. The topological polar surface area (TPSA) is 41.6 Å². The van der Waals surface area contributed by atoms with Crippen molar-refractivity contribution in [2.24, 2.45) is 0 Å². The van der Waals surface area contributed by atoms with Crippen LogP contribution in [-0.4, -0.2) is 24.6 Å². The Morgan fingerprint density at radius 3 is 2.65 bits per heavy atom. The van der Waals surface area contributed by atoms with Crippen molar-refractivity contribution in [1.29, 1.82) is 0 Å². The van der Waals surface area contributed by atoms with Gasteiger partial charge in [-0.05, 0) is 55.2 Å². The molecule has 1 saturated heterocycles. The zero-order chi connectivity index (χ0) is 18.5. The Kier molecular flexibility index (Phi) is 6.04. The summed E-state index contributed by atoms with van der Waals surface area (Å²) in [6.45, 7) is 2.74. The number of methoxy groups -OCH3 is 1. The van der Waals surface area contributed by atoms with Gasteiger partial charge in [0.25, 0.3) is 0 Å². The number of aryl methyl sites for hydroxylation is 1. The minimum Gasteiger partial charge on any atom is -0.495 e. The van der Waals surface area contributed by atoms with Gasteiger partial charge in [0.1, 0.15) is 5.75 Å². The first-order valence-corrected chi connectivity index (χ1v) is 9.44. The SMILES string of the molecule is COc1ccc(C)cc1NC(=O)N1CCCCC[C@H]1c1ccc(Cl)cc1. The maximum absolute atomic E-state index is 13.1.